The highest BCUT2D eigenvalue weighted by Crippen LogP contribution is 2.26. The molecule has 2 aliphatic rings. The lowest BCUT2D eigenvalue weighted by Gasteiger charge is -2.34. The highest BCUT2D eigenvalue weighted by molar-refractivity contribution is 5.89. The number of hydrogen-bond acceptors (Lipinski definition) is 3. The van der Waals surface area contributed by atoms with Crippen LogP contribution in [0.2, 0.25) is 0 Å². The Kier molecular flexibility index (Phi) is 7.71. The van der Waals surface area contributed by atoms with Crippen LogP contribution in [0, 0.1) is 11.8 Å². The molecule has 1 saturated heterocycles. The van der Waals surface area contributed by atoms with E-state index >= 15 is 0 Å². The van der Waals surface area contributed by atoms with E-state index in [0.29, 0.717) is 32.4 Å². The molecule has 2 unspecified atom stereocenters. The predicted molar refractivity (Wildman–Crippen MR) is 117 cm³/mol. The molecule has 30 heavy (non-hydrogen) atoms. The number of para-hydroxylation sites is 1. The number of likely N-dealkylation sites (tertiary alicyclic amines) is 1. The standard InChI is InChI=1S/C23H34N4O3/c1-16(2)24-22(29)18-7-6-10-20(15-18)25-21(28)17-11-13-27(14-12-17)23(30)26-19-8-4-3-5-9-19/h3-5,8-9,16-18,20H,6-7,10-15H2,1-2H3,(H,24,29)(H,25,28)(H,26,30). The first-order valence-electron chi connectivity index (χ1n) is 11.1. The van der Waals surface area contributed by atoms with Gasteiger partial charge in [-0.1, -0.05) is 24.6 Å². The van der Waals surface area contributed by atoms with E-state index in [0.717, 1.165) is 24.9 Å². The van der Waals surface area contributed by atoms with Crippen molar-refractivity contribution in [3.63, 3.8) is 0 Å². The van der Waals surface area contributed by atoms with Gasteiger partial charge in [0.2, 0.25) is 11.8 Å². The molecule has 7 nitrogen and oxygen atoms in total. The van der Waals surface area contributed by atoms with Crippen molar-refractivity contribution in [3.8, 4) is 0 Å². The summed E-state index contributed by atoms with van der Waals surface area (Å²) in [4.78, 5) is 39.2. The molecule has 1 heterocycles. The molecule has 1 aromatic carbocycles. The summed E-state index contributed by atoms with van der Waals surface area (Å²) in [5.74, 6) is 0.0698. The van der Waals surface area contributed by atoms with Crippen LogP contribution in [-0.4, -0.2) is 47.9 Å². The van der Waals surface area contributed by atoms with Gasteiger partial charge in [0.15, 0.2) is 0 Å². The Morgan fingerprint density at radius 2 is 1.63 bits per heavy atom. The fourth-order valence-electron chi connectivity index (χ4n) is 4.35. The predicted octanol–water partition coefficient (Wildman–Crippen LogP) is 3.13. The second kappa shape index (κ2) is 10.5. The third kappa shape index (κ3) is 6.21. The summed E-state index contributed by atoms with van der Waals surface area (Å²) < 4.78 is 0. The van der Waals surface area contributed by atoms with Gasteiger partial charge in [0.25, 0.3) is 0 Å². The minimum atomic E-state index is -0.119. The van der Waals surface area contributed by atoms with E-state index in [1.807, 2.05) is 44.2 Å². The maximum absolute atomic E-state index is 12.8. The van der Waals surface area contributed by atoms with Crippen molar-refractivity contribution in [2.75, 3.05) is 18.4 Å². The minimum absolute atomic E-state index is 0.0185. The number of anilines is 1. The number of amides is 4. The van der Waals surface area contributed by atoms with Crippen molar-refractivity contribution in [2.45, 2.75) is 64.5 Å². The zero-order chi connectivity index (χ0) is 21.5. The summed E-state index contributed by atoms with van der Waals surface area (Å²) >= 11 is 0. The van der Waals surface area contributed by atoms with Crippen LogP contribution in [0.4, 0.5) is 10.5 Å². The van der Waals surface area contributed by atoms with Crippen LogP contribution in [0.25, 0.3) is 0 Å². The maximum Gasteiger partial charge on any atom is 0.321 e. The number of hydrogen-bond donors (Lipinski definition) is 3. The average molecular weight is 415 g/mol. The van der Waals surface area contributed by atoms with E-state index in [-0.39, 0.29) is 41.8 Å². The fraction of sp³-hybridized carbons (Fsp3) is 0.609. The fourth-order valence-corrected chi connectivity index (χ4v) is 4.35. The normalized spacial score (nSPS) is 22.4. The second-order valence-electron chi connectivity index (χ2n) is 8.79. The molecule has 0 aromatic heterocycles. The van der Waals surface area contributed by atoms with Crippen molar-refractivity contribution in [1.82, 2.24) is 15.5 Å². The Morgan fingerprint density at radius 1 is 0.933 bits per heavy atom. The molecule has 0 bridgehead atoms. The molecule has 1 saturated carbocycles. The first-order valence-corrected chi connectivity index (χ1v) is 11.1. The van der Waals surface area contributed by atoms with E-state index < -0.39 is 0 Å². The molecular formula is C23H34N4O3. The van der Waals surface area contributed by atoms with E-state index in [4.69, 9.17) is 0 Å². The van der Waals surface area contributed by atoms with Gasteiger partial charge in [-0.2, -0.15) is 0 Å². The van der Waals surface area contributed by atoms with Gasteiger partial charge in [-0.05, 0) is 58.1 Å². The quantitative estimate of drug-likeness (QED) is 0.691. The molecule has 164 valence electrons. The minimum Gasteiger partial charge on any atom is -0.354 e. The number of benzene rings is 1. The van der Waals surface area contributed by atoms with Gasteiger partial charge in [-0.25, -0.2) is 4.79 Å². The summed E-state index contributed by atoms with van der Waals surface area (Å²) in [6.45, 7) is 5.07. The van der Waals surface area contributed by atoms with Crippen LogP contribution in [0.3, 0.4) is 0 Å². The smallest absolute Gasteiger partial charge is 0.321 e. The molecule has 1 aliphatic carbocycles. The van der Waals surface area contributed by atoms with Crippen molar-refractivity contribution in [2.24, 2.45) is 11.8 Å². The van der Waals surface area contributed by atoms with Gasteiger partial charge < -0.3 is 20.9 Å². The van der Waals surface area contributed by atoms with Crippen molar-refractivity contribution in [3.05, 3.63) is 30.3 Å². The molecule has 3 rings (SSSR count). The molecule has 3 N–H and O–H groups in total. The maximum atomic E-state index is 12.8. The summed E-state index contributed by atoms with van der Waals surface area (Å²) in [6, 6.07) is 9.47. The Balaban J connectivity index is 1.42. The summed E-state index contributed by atoms with van der Waals surface area (Å²) in [7, 11) is 0. The van der Waals surface area contributed by atoms with E-state index in [2.05, 4.69) is 16.0 Å². The zero-order valence-corrected chi connectivity index (χ0v) is 18.0. The highest BCUT2D eigenvalue weighted by atomic mass is 16.2. The number of nitrogens with one attached hydrogen (secondary N) is 3. The molecule has 0 spiro atoms. The van der Waals surface area contributed by atoms with Crippen LogP contribution < -0.4 is 16.0 Å². The van der Waals surface area contributed by atoms with Crippen LogP contribution in [-0.2, 0) is 9.59 Å². The number of carbonyl (C=O) groups is 3. The molecule has 1 aliphatic heterocycles. The molecule has 2 fully saturated rings. The summed E-state index contributed by atoms with van der Waals surface area (Å²) in [6.07, 6.45) is 4.81. The van der Waals surface area contributed by atoms with Crippen molar-refractivity contribution >= 4 is 23.5 Å². The molecule has 7 heteroatoms. The lowest BCUT2D eigenvalue weighted by Crippen LogP contribution is -2.48. The van der Waals surface area contributed by atoms with Gasteiger partial charge in [-0.15, -0.1) is 0 Å². The van der Waals surface area contributed by atoms with Crippen LogP contribution in [0.15, 0.2) is 30.3 Å². The van der Waals surface area contributed by atoms with Gasteiger partial charge in [0.05, 0.1) is 0 Å². The first kappa shape index (κ1) is 22.1. The number of nitrogens with zero attached hydrogens (tertiary/aromatic N) is 1. The lowest BCUT2D eigenvalue weighted by molar-refractivity contribution is -0.130. The Bertz CT molecular complexity index is 729. The molecule has 2 atom stereocenters. The third-order valence-electron chi connectivity index (χ3n) is 6.00. The Labute approximate surface area is 179 Å². The van der Waals surface area contributed by atoms with Gasteiger partial charge in [-0.3, -0.25) is 9.59 Å². The average Bonchev–Trinajstić information content (AvgIpc) is 2.74. The van der Waals surface area contributed by atoms with E-state index in [1.165, 1.54) is 0 Å². The van der Waals surface area contributed by atoms with Gasteiger partial charge in [0, 0.05) is 42.7 Å². The number of rotatable bonds is 5. The summed E-state index contributed by atoms with van der Waals surface area (Å²) in [5, 5.41) is 9.06. The largest absolute Gasteiger partial charge is 0.354 e. The second-order valence-corrected chi connectivity index (χ2v) is 8.79. The monoisotopic (exact) mass is 414 g/mol. The van der Waals surface area contributed by atoms with Crippen LogP contribution in [0.1, 0.15) is 52.4 Å². The molecule has 1 aromatic rings. The van der Waals surface area contributed by atoms with E-state index in [1.54, 1.807) is 4.90 Å². The van der Waals surface area contributed by atoms with Crippen LogP contribution in [0.5, 0.6) is 0 Å². The third-order valence-corrected chi connectivity index (χ3v) is 6.00. The molecule has 4 amide bonds. The molecule has 0 radical (unpaired) electrons. The topological polar surface area (TPSA) is 90.5 Å². The number of piperidine rings is 1. The van der Waals surface area contributed by atoms with Gasteiger partial charge >= 0.3 is 6.03 Å². The molecular weight excluding hydrogens is 380 g/mol. The van der Waals surface area contributed by atoms with E-state index in [9.17, 15) is 14.4 Å². The lowest BCUT2D eigenvalue weighted by atomic mass is 9.84. The van der Waals surface area contributed by atoms with Gasteiger partial charge in [0.1, 0.15) is 0 Å². The Hall–Kier alpha value is -2.57. The first-order chi connectivity index (χ1) is 14.4. The highest BCUT2D eigenvalue weighted by Gasteiger charge is 2.32. The Morgan fingerprint density at radius 3 is 2.30 bits per heavy atom. The summed E-state index contributed by atoms with van der Waals surface area (Å²) in [5.41, 5.74) is 0.774. The van der Waals surface area contributed by atoms with Crippen LogP contribution >= 0.6 is 0 Å². The SMILES string of the molecule is CC(C)NC(=O)C1CCCC(NC(=O)C2CCN(C(=O)Nc3ccccc3)CC2)C1. The van der Waals surface area contributed by atoms with Crippen molar-refractivity contribution < 1.29 is 14.4 Å². The van der Waals surface area contributed by atoms with Crippen molar-refractivity contribution in [1.29, 1.82) is 0 Å². The zero-order valence-electron chi connectivity index (χ0n) is 18.0. The number of carbonyl (C=O) groups excluding carboxylic acids is 3. The number of urea groups is 1.